The molecule has 1 aromatic rings. The van der Waals surface area contributed by atoms with Gasteiger partial charge in [-0.2, -0.15) is 0 Å². The molecular weight excluding hydrogens is 362 g/mol. The zero-order chi connectivity index (χ0) is 18.4. The van der Waals surface area contributed by atoms with E-state index in [1.54, 1.807) is 29.2 Å². The summed E-state index contributed by atoms with van der Waals surface area (Å²) >= 11 is 6.47. The molecule has 1 aromatic carbocycles. The Morgan fingerprint density at radius 2 is 2.08 bits per heavy atom. The molecule has 134 valence electrons. The number of carbonyl (C=O) groups excluding carboxylic acids is 1. The Morgan fingerprint density at radius 3 is 2.68 bits per heavy atom. The van der Waals surface area contributed by atoms with Gasteiger partial charge in [0.15, 0.2) is 11.5 Å². The molecule has 1 aliphatic rings. The summed E-state index contributed by atoms with van der Waals surface area (Å²) in [5.74, 6) is -0.0428. The summed E-state index contributed by atoms with van der Waals surface area (Å²) in [6, 6.07) is 5.26. The van der Waals surface area contributed by atoms with Gasteiger partial charge in [0.1, 0.15) is 4.32 Å². The Morgan fingerprint density at radius 1 is 1.32 bits per heavy atom. The molecule has 0 unspecified atom stereocenters. The summed E-state index contributed by atoms with van der Waals surface area (Å²) in [7, 11) is 0. The lowest BCUT2D eigenvalue weighted by Gasteiger charge is -2.12. The zero-order valence-corrected chi connectivity index (χ0v) is 15.6. The number of nitrogens with zero attached hydrogens (tertiary/aromatic N) is 1. The maximum absolute atomic E-state index is 12.3. The van der Waals surface area contributed by atoms with Crippen LogP contribution >= 0.6 is 24.0 Å². The van der Waals surface area contributed by atoms with E-state index in [-0.39, 0.29) is 18.9 Å². The molecular formula is C17H19NO5S2. The number of rotatable bonds is 8. The molecule has 0 saturated carbocycles. The molecule has 0 atom stereocenters. The lowest BCUT2D eigenvalue weighted by Crippen LogP contribution is -2.27. The van der Waals surface area contributed by atoms with Crippen molar-refractivity contribution in [2.75, 3.05) is 19.8 Å². The van der Waals surface area contributed by atoms with Crippen molar-refractivity contribution in [3.8, 4) is 11.5 Å². The second kappa shape index (κ2) is 8.87. The Balaban J connectivity index is 2.21. The van der Waals surface area contributed by atoms with Gasteiger partial charge in [-0.1, -0.05) is 30.0 Å². The fourth-order valence-electron chi connectivity index (χ4n) is 2.17. The minimum Gasteiger partial charge on any atom is -0.490 e. The molecule has 1 amide bonds. The van der Waals surface area contributed by atoms with Gasteiger partial charge >= 0.3 is 5.97 Å². The molecule has 25 heavy (non-hydrogen) atoms. The summed E-state index contributed by atoms with van der Waals surface area (Å²) in [6.07, 6.45) is 1.67. The molecule has 0 aromatic heterocycles. The molecule has 1 fully saturated rings. The van der Waals surface area contributed by atoms with Crippen LogP contribution in [-0.2, 0) is 9.59 Å². The summed E-state index contributed by atoms with van der Waals surface area (Å²) in [4.78, 5) is 25.0. The smallest absolute Gasteiger partial charge is 0.306 e. The van der Waals surface area contributed by atoms with Crippen LogP contribution in [0, 0.1) is 0 Å². The van der Waals surface area contributed by atoms with Gasteiger partial charge in [-0.25, -0.2) is 0 Å². The van der Waals surface area contributed by atoms with E-state index in [4.69, 9.17) is 26.8 Å². The van der Waals surface area contributed by atoms with Gasteiger partial charge in [-0.05, 0) is 37.6 Å². The van der Waals surface area contributed by atoms with Gasteiger partial charge < -0.3 is 14.6 Å². The third-order valence-electron chi connectivity index (χ3n) is 3.33. The van der Waals surface area contributed by atoms with Crippen molar-refractivity contribution in [2.24, 2.45) is 0 Å². The summed E-state index contributed by atoms with van der Waals surface area (Å²) in [5, 5.41) is 8.69. The van der Waals surface area contributed by atoms with Crippen molar-refractivity contribution < 1.29 is 24.2 Å². The van der Waals surface area contributed by atoms with E-state index in [2.05, 4.69) is 0 Å². The highest BCUT2D eigenvalue weighted by atomic mass is 32.2. The van der Waals surface area contributed by atoms with E-state index in [1.165, 1.54) is 11.8 Å². The minimum atomic E-state index is -0.924. The largest absolute Gasteiger partial charge is 0.490 e. The van der Waals surface area contributed by atoms with Crippen LogP contribution in [-0.4, -0.2) is 46.0 Å². The van der Waals surface area contributed by atoms with Crippen molar-refractivity contribution in [1.82, 2.24) is 4.90 Å². The van der Waals surface area contributed by atoms with Gasteiger partial charge in [-0.15, -0.1) is 0 Å². The predicted octanol–water partition coefficient (Wildman–Crippen LogP) is 3.16. The minimum absolute atomic E-state index is 0.0594. The molecule has 1 saturated heterocycles. The monoisotopic (exact) mass is 381 g/mol. The lowest BCUT2D eigenvalue weighted by atomic mass is 10.2. The Hall–Kier alpha value is -2.06. The number of thiocarbonyl (C=S) groups is 1. The number of thioether (sulfide) groups is 1. The van der Waals surface area contributed by atoms with Crippen molar-refractivity contribution in [3.05, 3.63) is 28.7 Å². The highest BCUT2D eigenvalue weighted by molar-refractivity contribution is 8.26. The first-order chi connectivity index (χ1) is 12.0. The quantitative estimate of drug-likeness (QED) is 0.547. The molecule has 1 aliphatic heterocycles. The first-order valence-corrected chi connectivity index (χ1v) is 9.05. The number of hydrogen-bond acceptors (Lipinski definition) is 6. The second-order valence-corrected chi connectivity index (χ2v) is 6.73. The molecule has 0 radical (unpaired) electrons. The number of amides is 1. The Bertz CT molecular complexity index is 717. The first kappa shape index (κ1) is 19.3. The maximum Gasteiger partial charge on any atom is 0.306 e. The number of benzene rings is 1. The molecule has 6 nitrogen and oxygen atoms in total. The summed E-state index contributed by atoms with van der Waals surface area (Å²) < 4.78 is 11.6. The number of hydrogen-bond donors (Lipinski definition) is 1. The third kappa shape index (κ3) is 4.96. The van der Waals surface area contributed by atoms with Gasteiger partial charge in [-0.3, -0.25) is 14.5 Å². The van der Waals surface area contributed by atoms with Crippen molar-refractivity contribution >= 4 is 46.3 Å². The topological polar surface area (TPSA) is 76.1 Å². The number of ether oxygens (including phenoxy) is 2. The van der Waals surface area contributed by atoms with Crippen LogP contribution in [0.1, 0.15) is 25.8 Å². The van der Waals surface area contributed by atoms with E-state index in [0.29, 0.717) is 33.9 Å². The van der Waals surface area contributed by atoms with E-state index in [9.17, 15) is 9.59 Å². The average Bonchev–Trinajstić information content (AvgIpc) is 2.82. The maximum atomic E-state index is 12.3. The van der Waals surface area contributed by atoms with Crippen LogP contribution in [0.3, 0.4) is 0 Å². The van der Waals surface area contributed by atoms with Gasteiger partial charge in [0.25, 0.3) is 5.91 Å². The van der Waals surface area contributed by atoms with Crippen LogP contribution < -0.4 is 9.47 Å². The van der Waals surface area contributed by atoms with Gasteiger partial charge in [0, 0.05) is 6.54 Å². The van der Waals surface area contributed by atoms with Crippen molar-refractivity contribution in [1.29, 1.82) is 0 Å². The van der Waals surface area contributed by atoms with Gasteiger partial charge in [0.05, 0.1) is 24.5 Å². The summed E-state index contributed by atoms with van der Waals surface area (Å²) in [6.45, 7) is 4.77. The van der Waals surface area contributed by atoms with Gasteiger partial charge in [0.2, 0.25) is 0 Å². The van der Waals surface area contributed by atoms with Crippen LogP contribution in [0.4, 0.5) is 0 Å². The van der Waals surface area contributed by atoms with Crippen LogP contribution in [0.15, 0.2) is 23.1 Å². The molecule has 2 rings (SSSR count). The number of carboxylic acids is 1. The van der Waals surface area contributed by atoms with Crippen LogP contribution in [0.2, 0.25) is 0 Å². The second-order valence-electron chi connectivity index (χ2n) is 5.06. The molecule has 0 bridgehead atoms. The third-order valence-corrected chi connectivity index (χ3v) is 4.71. The SMILES string of the molecule is CCOc1cc(/C=C2/SC(=S)N(CC)C2=O)ccc1OCCC(=O)O. The molecule has 0 aliphatic carbocycles. The molecule has 1 N–H and O–H groups in total. The fourth-order valence-corrected chi connectivity index (χ4v) is 3.56. The molecule has 0 spiro atoms. The number of aliphatic carboxylic acids is 1. The van der Waals surface area contributed by atoms with Crippen LogP contribution in [0.25, 0.3) is 6.08 Å². The van der Waals surface area contributed by atoms with E-state index in [0.717, 1.165) is 5.56 Å². The summed E-state index contributed by atoms with van der Waals surface area (Å²) in [5.41, 5.74) is 0.783. The standard InChI is InChI=1S/C17H19NO5S2/c1-3-18-16(21)14(25-17(18)24)10-11-5-6-12(13(9-11)22-4-2)23-8-7-15(19)20/h5-6,9-10H,3-4,7-8H2,1-2H3,(H,19,20)/b14-10+. The molecule has 1 heterocycles. The average molecular weight is 381 g/mol. The van der Waals surface area contributed by atoms with Crippen molar-refractivity contribution in [3.63, 3.8) is 0 Å². The normalized spacial score (nSPS) is 15.8. The number of carbonyl (C=O) groups is 2. The fraction of sp³-hybridized carbons (Fsp3) is 0.353. The van der Waals surface area contributed by atoms with Crippen molar-refractivity contribution in [2.45, 2.75) is 20.3 Å². The predicted molar refractivity (Wildman–Crippen MR) is 101 cm³/mol. The highest BCUT2D eigenvalue weighted by Gasteiger charge is 2.30. The van der Waals surface area contributed by atoms with E-state index < -0.39 is 5.97 Å². The van der Waals surface area contributed by atoms with Crippen LogP contribution in [0.5, 0.6) is 11.5 Å². The zero-order valence-electron chi connectivity index (χ0n) is 14.0. The highest BCUT2D eigenvalue weighted by Crippen LogP contribution is 2.34. The number of likely N-dealkylation sites (N-methyl/N-ethyl adjacent to an activating group) is 1. The molecule has 8 heteroatoms. The number of carboxylic acid groups (broad SMARTS) is 1. The van der Waals surface area contributed by atoms with E-state index >= 15 is 0 Å². The Kier molecular flexibility index (Phi) is 6.83. The lowest BCUT2D eigenvalue weighted by molar-refractivity contribution is -0.137. The first-order valence-electron chi connectivity index (χ1n) is 7.83. The Labute approximate surface area is 155 Å². The van der Waals surface area contributed by atoms with E-state index in [1.807, 2.05) is 13.8 Å².